The lowest BCUT2D eigenvalue weighted by atomic mass is 10.1. The molecule has 1 saturated carbocycles. The molecule has 7 heteroatoms. The fourth-order valence-corrected chi connectivity index (χ4v) is 2.96. The zero-order chi connectivity index (χ0) is 16.2. The van der Waals surface area contributed by atoms with Crippen molar-refractivity contribution >= 4 is 28.5 Å². The van der Waals surface area contributed by atoms with E-state index in [-0.39, 0.29) is 5.91 Å². The second-order valence-electron chi connectivity index (χ2n) is 5.15. The molecule has 1 aliphatic rings. The van der Waals surface area contributed by atoms with Gasteiger partial charge in [-0.1, -0.05) is 11.3 Å². The predicted molar refractivity (Wildman–Crippen MR) is 89.1 cm³/mol. The topological polar surface area (TPSA) is 73.3 Å². The molecule has 23 heavy (non-hydrogen) atoms. The molecule has 1 aromatic carbocycles. The highest BCUT2D eigenvalue weighted by molar-refractivity contribution is 7.15. The Bertz CT molecular complexity index is 738. The third kappa shape index (κ3) is 3.87. The van der Waals surface area contributed by atoms with Crippen LogP contribution in [-0.4, -0.2) is 30.3 Å². The van der Waals surface area contributed by atoms with Crippen LogP contribution in [0.3, 0.4) is 0 Å². The van der Waals surface area contributed by atoms with E-state index >= 15 is 0 Å². The highest BCUT2D eigenvalue weighted by Crippen LogP contribution is 2.42. The van der Waals surface area contributed by atoms with Gasteiger partial charge in [-0.3, -0.25) is 10.1 Å². The minimum Gasteiger partial charge on any atom is -0.497 e. The Hall–Kier alpha value is -2.41. The number of nitrogens with zero attached hydrogens (tertiary/aromatic N) is 2. The molecule has 0 saturated heterocycles. The maximum atomic E-state index is 12.0. The van der Waals surface area contributed by atoms with Crippen molar-refractivity contribution in [2.75, 3.05) is 19.5 Å². The van der Waals surface area contributed by atoms with Crippen LogP contribution in [0.4, 0.5) is 5.13 Å². The lowest BCUT2D eigenvalue weighted by Crippen LogP contribution is -2.07. The summed E-state index contributed by atoms with van der Waals surface area (Å²) in [6.45, 7) is 0. The summed E-state index contributed by atoms with van der Waals surface area (Å²) in [6, 6.07) is 5.41. The van der Waals surface area contributed by atoms with Gasteiger partial charge in [0.2, 0.25) is 11.0 Å². The summed E-state index contributed by atoms with van der Waals surface area (Å²) < 4.78 is 10.4. The number of hydrogen-bond acceptors (Lipinski definition) is 6. The molecule has 1 aliphatic carbocycles. The molecule has 0 atom stereocenters. The summed E-state index contributed by atoms with van der Waals surface area (Å²) in [7, 11) is 3.17. The SMILES string of the molecule is COc1ccc(C=CC(=O)Nc2nnc(C3CC3)s2)c(OC)c1. The average Bonchev–Trinajstić information content (AvgIpc) is 3.32. The second kappa shape index (κ2) is 6.78. The second-order valence-corrected chi connectivity index (χ2v) is 6.16. The Morgan fingerprint density at radius 1 is 1.30 bits per heavy atom. The standard InChI is InChI=1S/C16H17N3O3S/c1-21-12-7-5-10(13(9-12)22-2)6-8-14(20)17-16-19-18-15(23-16)11-3-4-11/h5-9,11H,3-4H2,1-2H3,(H,17,19,20). The van der Waals surface area contributed by atoms with Crippen LogP contribution in [0.2, 0.25) is 0 Å². The van der Waals surface area contributed by atoms with Gasteiger partial charge in [0.25, 0.3) is 0 Å². The molecule has 0 aliphatic heterocycles. The van der Waals surface area contributed by atoms with Gasteiger partial charge in [0.15, 0.2) is 0 Å². The summed E-state index contributed by atoms with van der Waals surface area (Å²) in [5.74, 6) is 1.63. The van der Waals surface area contributed by atoms with Gasteiger partial charge in [-0.2, -0.15) is 0 Å². The van der Waals surface area contributed by atoms with E-state index in [0.29, 0.717) is 22.5 Å². The van der Waals surface area contributed by atoms with E-state index < -0.39 is 0 Å². The van der Waals surface area contributed by atoms with Gasteiger partial charge >= 0.3 is 0 Å². The Balaban J connectivity index is 1.65. The van der Waals surface area contributed by atoms with Crippen LogP contribution in [0.5, 0.6) is 11.5 Å². The molecule has 1 amide bonds. The van der Waals surface area contributed by atoms with E-state index in [1.54, 1.807) is 26.4 Å². The number of amides is 1. The van der Waals surface area contributed by atoms with Gasteiger partial charge < -0.3 is 9.47 Å². The minimum atomic E-state index is -0.249. The van der Waals surface area contributed by atoms with Crippen molar-refractivity contribution in [2.24, 2.45) is 0 Å². The van der Waals surface area contributed by atoms with E-state index in [1.807, 2.05) is 12.1 Å². The van der Waals surface area contributed by atoms with Crippen LogP contribution in [0.25, 0.3) is 6.08 Å². The minimum absolute atomic E-state index is 0.249. The van der Waals surface area contributed by atoms with E-state index in [4.69, 9.17) is 9.47 Å². The molecule has 0 unspecified atom stereocenters. The number of methoxy groups -OCH3 is 2. The number of hydrogen-bond donors (Lipinski definition) is 1. The number of anilines is 1. The Morgan fingerprint density at radius 3 is 2.83 bits per heavy atom. The molecular weight excluding hydrogens is 314 g/mol. The van der Waals surface area contributed by atoms with Gasteiger partial charge in [-0.25, -0.2) is 0 Å². The summed E-state index contributed by atoms with van der Waals surface area (Å²) in [5.41, 5.74) is 0.791. The smallest absolute Gasteiger partial charge is 0.250 e. The van der Waals surface area contributed by atoms with Crippen LogP contribution < -0.4 is 14.8 Å². The number of ether oxygens (including phenoxy) is 2. The van der Waals surface area contributed by atoms with Crippen LogP contribution in [0, 0.1) is 0 Å². The molecule has 120 valence electrons. The van der Waals surface area contributed by atoms with Gasteiger partial charge in [-0.15, -0.1) is 10.2 Å². The predicted octanol–water partition coefficient (Wildman–Crippen LogP) is 3.08. The highest BCUT2D eigenvalue weighted by Gasteiger charge is 2.27. The summed E-state index contributed by atoms with van der Waals surface area (Å²) in [6.07, 6.45) is 5.47. The largest absolute Gasteiger partial charge is 0.497 e. The van der Waals surface area contributed by atoms with Crippen molar-refractivity contribution in [3.05, 3.63) is 34.8 Å². The van der Waals surface area contributed by atoms with Crippen LogP contribution >= 0.6 is 11.3 Å². The van der Waals surface area contributed by atoms with Crippen molar-refractivity contribution in [2.45, 2.75) is 18.8 Å². The maximum Gasteiger partial charge on any atom is 0.250 e. The van der Waals surface area contributed by atoms with Gasteiger partial charge in [-0.05, 0) is 31.1 Å². The molecule has 3 rings (SSSR count). The normalized spacial score (nSPS) is 14.0. The maximum absolute atomic E-state index is 12.0. The molecule has 1 fully saturated rings. The lowest BCUT2D eigenvalue weighted by Gasteiger charge is -2.07. The molecule has 1 heterocycles. The number of aromatic nitrogens is 2. The van der Waals surface area contributed by atoms with Crippen molar-refractivity contribution in [1.82, 2.24) is 10.2 Å². The highest BCUT2D eigenvalue weighted by atomic mass is 32.1. The third-order valence-electron chi connectivity index (χ3n) is 3.45. The molecule has 6 nitrogen and oxygen atoms in total. The summed E-state index contributed by atoms with van der Waals surface area (Å²) >= 11 is 1.44. The number of nitrogens with one attached hydrogen (secondary N) is 1. The first-order valence-corrected chi connectivity index (χ1v) is 8.05. The first-order valence-electron chi connectivity index (χ1n) is 7.24. The van der Waals surface area contributed by atoms with E-state index in [1.165, 1.54) is 30.3 Å². The van der Waals surface area contributed by atoms with Crippen molar-refractivity contribution in [3.8, 4) is 11.5 Å². The average molecular weight is 331 g/mol. The van der Waals surface area contributed by atoms with E-state index in [2.05, 4.69) is 15.5 Å². The Morgan fingerprint density at radius 2 is 2.13 bits per heavy atom. The van der Waals surface area contributed by atoms with E-state index in [0.717, 1.165) is 10.6 Å². The Kier molecular flexibility index (Phi) is 4.57. The molecule has 2 aromatic rings. The number of benzene rings is 1. The Labute approximate surface area is 138 Å². The summed E-state index contributed by atoms with van der Waals surface area (Å²) in [5, 5.41) is 12.3. The first kappa shape index (κ1) is 15.5. The van der Waals surface area contributed by atoms with Gasteiger partial charge in [0.05, 0.1) is 14.2 Å². The van der Waals surface area contributed by atoms with Gasteiger partial charge in [0.1, 0.15) is 16.5 Å². The van der Waals surface area contributed by atoms with Crippen LogP contribution in [-0.2, 0) is 4.79 Å². The van der Waals surface area contributed by atoms with Gasteiger partial charge in [0, 0.05) is 23.6 Å². The molecular formula is C16H17N3O3S. The van der Waals surface area contributed by atoms with Crippen LogP contribution in [0.15, 0.2) is 24.3 Å². The summed E-state index contributed by atoms with van der Waals surface area (Å²) in [4.78, 5) is 12.0. The van der Waals surface area contributed by atoms with E-state index in [9.17, 15) is 4.79 Å². The first-order chi connectivity index (χ1) is 11.2. The zero-order valence-corrected chi connectivity index (χ0v) is 13.7. The van der Waals surface area contributed by atoms with Crippen molar-refractivity contribution < 1.29 is 14.3 Å². The number of carbonyl (C=O) groups is 1. The zero-order valence-electron chi connectivity index (χ0n) is 12.9. The van der Waals surface area contributed by atoms with Crippen molar-refractivity contribution in [3.63, 3.8) is 0 Å². The fraction of sp³-hybridized carbons (Fsp3) is 0.312. The monoisotopic (exact) mass is 331 g/mol. The third-order valence-corrected chi connectivity index (χ3v) is 4.45. The molecule has 0 radical (unpaired) electrons. The fourth-order valence-electron chi connectivity index (χ4n) is 2.05. The number of carbonyl (C=O) groups excluding carboxylic acids is 1. The molecule has 1 N–H and O–H groups in total. The quantitative estimate of drug-likeness (QED) is 0.824. The molecule has 0 spiro atoms. The molecule has 0 bridgehead atoms. The van der Waals surface area contributed by atoms with Crippen molar-refractivity contribution in [1.29, 1.82) is 0 Å². The van der Waals surface area contributed by atoms with Crippen LogP contribution in [0.1, 0.15) is 29.3 Å². The lowest BCUT2D eigenvalue weighted by molar-refractivity contribution is -0.111. The molecule has 1 aromatic heterocycles. The number of rotatable bonds is 6.